The number of benzene rings is 2. The summed E-state index contributed by atoms with van der Waals surface area (Å²) in [5.41, 5.74) is 3.31. The molecule has 0 bridgehead atoms. The fourth-order valence-electron chi connectivity index (χ4n) is 3.21. The third kappa shape index (κ3) is 3.12. The zero-order valence-electron chi connectivity index (χ0n) is 15.0. The molecule has 132 valence electrons. The minimum Gasteiger partial charge on any atom is -0.328 e. The number of para-hydroxylation sites is 3. The van der Waals surface area contributed by atoms with Gasteiger partial charge >= 0.3 is 0 Å². The number of imidazole rings is 1. The Hall–Kier alpha value is -2.60. The maximum Gasteiger partial charge on any atom is 0.195 e. The van der Waals surface area contributed by atoms with Crippen LogP contribution in [0.2, 0.25) is 0 Å². The van der Waals surface area contributed by atoms with Crippen molar-refractivity contribution >= 4 is 22.8 Å². The second kappa shape index (κ2) is 7.33. The van der Waals surface area contributed by atoms with Crippen molar-refractivity contribution in [2.45, 2.75) is 32.0 Å². The molecule has 4 rings (SSSR count). The first-order chi connectivity index (χ1) is 12.8. The second-order valence-corrected chi connectivity index (χ2v) is 7.28. The molecular formula is C20H21N5S. The van der Waals surface area contributed by atoms with Crippen LogP contribution >= 0.6 is 11.8 Å². The van der Waals surface area contributed by atoms with E-state index in [1.807, 2.05) is 24.3 Å². The van der Waals surface area contributed by atoms with Gasteiger partial charge in [0.1, 0.15) is 11.6 Å². The molecule has 0 aliphatic rings. The van der Waals surface area contributed by atoms with E-state index in [-0.39, 0.29) is 0 Å². The van der Waals surface area contributed by atoms with Gasteiger partial charge in [0, 0.05) is 18.7 Å². The molecule has 0 unspecified atom stereocenters. The molecule has 0 aliphatic heterocycles. The fraction of sp³-hybridized carbons (Fsp3) is 0.250. The first-order valence-electron chi connectivity index (χ1n) is 8.82. The Morgan fingerprint density at radius 1 is 0.962 bits per heavy atom. The van der Waals surface area contributed by atoms with E-state index in [0.29, 0.717) is 0 Å². The van der Waals surface area contributed by atoms with Gasteiger partial charge in [-0.25, -0.2) is 4.98 Å². The Morgan fingerprint density at radius 2 is 1.73 bits per heavy atom. The molecule has 0 spiro atoms. The largest absolute Gasteiger partial charge is 0.328 e. The van der Waals surface area contributed by atoms with E-state index in [9.17, 15) is 0 Å². The Labute approximate surface area is 157 Å². The Morgan fingerprint density at radius 3 is 2.54 bits per heavy atom. The molecule has 5 nitrogen and oxygen atoms in total. The first kappa shape index (κ1) is 16.8. The maximum absolute atomic E-state index is 4.66. The summed E-state index contributed by atoms with van der Waals surface area (Å²) in [5, 5.41) is 9.84. The van der Waals surface area contributed by atoms with Gasteiger partial charge in [-0.3, -0.25) is 4.57 Å². The van der Waals surface area contributed by atoms with Gasteiger partial charge in [0.15, 0.2) is 5.16 Å². The number of nitrogens with zero attached hydrogens (tertiary/aromatic N) is 5. The molecule has 0 N–H and O–H groups in total. The number of thioether (sulfide) groups is 1. The van der Waals surface area contributed by atoms with Crippen molar-refractivity contribution in [1.29, 1.82) is 0 Å². The van der Waals surface area contributed by atoms with Gasteiger partial charge in [-0.1, -0.05) is 49.0 Å². The van der Waals surface area contributed by atoms with Crippen LogP contribution in [0.15, 0.2) is 59.8 Å². The van der Waals surface area contributed by atoms with Gasteiger partial charge in [-0.05, 0) is 36.9 Å². The summed E-state index contributed by atoms with van der Waals surface area (Å²) in [6.07, 6.45) is 0.799. The number of aryl methyl sites for hydroxylation is 3. The fourth-order valence-corrected chi connectivity index (χ4v) is 3.91. The molecule has 0 saturated carbocycles. The van der Waals surface area contributed by atoms with Crippen molar-refractivity contribution < 1.29 is 0 Å². The van der Waals surface area contributed by atoms with E-state index in [2.05, 4.69) is 68.5 Å². The highest BCUT2D eigenvalue weighted by Gasteiger charge is 2.15. The predicted octanol–water partition coefficient (Wildman–Crippen LogP) is 4.28. The molecule has 2 aromatic carbocycles. The monoisotopic (exact) mass is 363 g/mol. The predicted molar refractivity (Wildman–Crippen MR) is 106 cm³/mol. The number of rotatable bonds is 6. The zero-order chi connectivity index (χ0) is 17.9. The van der Waals surface area contributed by atoms with Crippen LogP contribution in [0, 0.1) is 6.92 Å². The minimum absolute atomic E-state index is 0.799. The van der Waals surface area contributed by atoms with Crippen molar-refractivity contribution in [2.75, 3.05) is 5.75 Å². The van der Waals surface area contributed by atoms with Crippen LogP contribution in [0.25, 0.3) is 16.7 Å². The summed E-state index contributed by atoms with van der Waals surface area (Å²) >= 11 is 1.72. The van der Waals surface area contributed by atoms with Gasteiger partial charge in [-0.15, -0.1) is 10.2 Å². The van der Waals surface area contributed by atoms with Gasteiger partial charge < -0.3 is 4.57 Å². The molecular weight excluding hydrogens is 342 g/mol. The Kier molecular flexibility index (Phi) is 4.75. The number of hydrogen-bond acceptors (Lipinski definition) is 4. The molecule has 0 atom stereocenters. The number of aromatic nitrogens is 5. The summed E-state index contributed by atoms with van der Waals surface area (Å²) in [7, 11) is 0. The van der Waals surface area contributed by atoms with Crippen LogP contribution < -0.4 is 0 Å². The van der Waals surface area contributed by atoms with Crippen LogP contribution in [0.3, 0.4) is 0 Å². The molecule has 2 aromatic heterocycles. The molecule has 6 heteroatoms. The van der Waals surface area contributed by atoms with Crippen LogP contribution in [0.1, 0.15) is 18.6 Å². The van der Waals surface area contributed by atoms with Crippen LogP contribution in [-0.4, -0.2) is 30.1 Å². The van der Waals surface area contributed by atoms with Crippen LogP contribution in [0.4, 0.5) is 0 Å². The van der Waals surface area contributed by atoms with Gasteiger partial charge in [0.2, 0.25) is 0 Å². The third-order valence-electron chi connectivity index (χ3n) is 4.39. The lowest BCUT2D eigenvalue weighted by Gasteiger charge is -2.11. The highest BCUT2D eigenvalue weighted by molar-refractivity contribution is 7.99. The van der Waals surface area contributed by atoms with Crippen molar-refractivity contribution in [1.82, 2.24) is 24.3 Å². The highest BCUT2D eigenvalue weighted by Crippen LogP contribution is 2.23. The number of hydrogen-bond donors (Lipinski definition) is 0. The lowest BCUT2D eigenvalue weighted by Crippen LogP contribution is -2.09. The minimum atomic E-state index is 0.799. The first-order valence-corrected chi connectivity index (χ1v) is 9.81. The number of fused-ring (bicyclic) bond motifs is 1. The summed E-state index contributed by atoms with van der Waals surface area (Å²) in [6, 6.07) is 18.6. The Bertz CT molecular complexity index is 1020. The summed E-state index contributed by atoms with van der Waals surface area (Å²) in [6.45, 7) is 5.02. The van der Waals surface area contributed by atoms with Crippen molar-refractivity contribution in [2.24, 2.45) is 0 Å². The van der Waals surface area contributed by atoms with E-state index in [1.54, 1.807) is 11.8 Å². The highest BCUT2D eigenvalue weighted by atomic mass is 32.2. The zero-order valence-corrected chi connectivity index (χ0v) is 15.8. The van der Waals surface area contributed by atoms with Crippen molar-refractivity contribution in [3.8, 4) is 5.69 Å². The lowest BCUT2D eigenvalue weighted by atomic mass is 10.3. The van der Waals surface area contributed by atoms with Gasteiger partial charge in [-0.2, -0.15) is 0 Å². The Balaban J connectivity index is 1.67. The summed E-state index contributed by atoms with van der Waals surface area (Å²) in [5.74, 6) is 2.97. The van der Waals surface area contributed by atoms with Crippen LogP contribution in [-0.2, 0) is 13.0 Å². The second-order valence-electron chi connectivity index (χ2n) is 6.05. The van der Waals surface area contributed by atoms with E-state index in [0.717, 1.165) is 46.7 Å². The molecule has 0 radical (unpaired) electrons. The summed E-state index contributed by atoms with van der Waals surface area (Å²) < 4.78 is 4.43. The average molecular weight is 363 g/mol. The SMILES string of the molecule is CCSc1nnc(CCn2c(C)nc3ccccc32)n1-c1ccccc1. The topological polar surface area (TPSA) is 48.5 Å². The van der Waals surface area contributed by atoms with E-state index in [1.165, 1.54) is 5.52 Å². The molecule has 26 heavy (non-hydrogen) atoms. The van der Waals surface area contributed by atoms with Crippen molar-refractivity contribution in [3.63, 3.8) is 0 Å². The smallest absolute Gasteiger partial charge is 0.195 e. The van der Waals surface area contributed by atoms with E-state index >= 15 is 0 Å². The average Bonchev–Trinajstić information content (AvgIpc) is 3.21. The molecule has 0 amide bonds. The third-order valence-corrected chi connectivity index (χ3v) is 5.20. The lowest BCUT2D eigenvalue weighted by molar-refractivity contribution is 0.656. The standard InChI is InChI=1S/C20H21N5S/c1-3-26-20-23-22-19(25(20)16-9-5-4-6-10-16)13-14-24-15(2)21-17-11-7-8-12-18(17)24/h4-12H,3,13-14H2,1-2H3. The molecule has 0 saturated heterocycles. The van der Waals surface area contributed by atoms with Crippen molar-refractivity contribution in [3.05, 3.63) is 66.2 Å². The molecule has 4 aromatic rings. The summed E-state index contributed by atoms with van der Waals surface area (Å²) in [4.78, 5) is 4.66. The van der Waals surface area contributed by atoms with Gasteiger partial charge in [0.05, 0.1) is 11.0 Å². The maximum atomic E-state index is 4.66. The van der Waals surface area contributed by atoms with E-state index in [4.69, 9.17) is 0 Å². The van der Waals surface area contributed by atoms with E-state index < -0.39 is 0 Å². The molecule has 0 fully saturated rings. The normalized spacial score (nSPS) is 11.3. The van der Waals surface area contributed by atoms with Crippen LogP contribution in [0.5, 0.6) is 0 Å². The molecule has 0 aliphatic carbocycles. The van der Waals surface area contributed by atoms with Gasteiger partial charge in [0.25, 0.3) is 0 Å². The molecule has 2 heterocycles. The quantitative estimate of drug-likeness (QED) is 0.480.